The van der Waals surface area contributed by atoms with Crippen LogP contribution in [-0.4, -0.2) is 36.4 Å². The minimum atomic E-state index is -1.76. The van der Waals surface area contributed by atoms with Gasteiger partial charge < -0.3 is 14.2 Å². The number of hydrogen-bond donors (Lipinski definition) is 0. The van der Waals surface area contributed by atoms with Gasteiger partial charge in [-0.15, -0.1) is 6.58 Å². The molecule has 3 unspecified atom stereocenters. The second kappa shape index (κ2) is 13.6. The molecule has 0 amide bonds. The van der Waals surface area contributed by atoms with Gasteiger partial charge in [-0.25, -0.2) is 4.79 Å². The predicted octanol–water partition coefficient (Wildman–Crippen LogP) is 7.45. The molecule has 3 fully saturated rings. The summed E-state index contributed by atoms with van der Waals surface area (Å²) in [7, 11) is 1.28. The van der Waals surface area contributed by atoms with Crippen molar-refractivity contribution in [2.45, 2.75) is 76.1 Å². The Morgan fingerprint density at radius 2 is 1.75 bits per heavy atom. The first-order chi connectivity index (χ1) is 21.2. The molecule has 3 aliphatic rings. The number of hydrogen-bond acceptors (Lipinski definition) is 6. The minimum Gasteiger partial charge on any atom is -0.467 e. The number of nitriles is 1. The van der Waals surface area contributed by atoms with Crippen molar-refractivity contribution in [3.63, 3.8) is 0 Å². The molecule has 5 rings (SSSR count). The lowest BCUT2D eigenvalue weighted by atomic mass is 9.39. The lowest BCUT2D eigenvalue weighted by molar-refractivity contribution is -0.210. The van der Waals surface area contributed by atoms with Crippen LogP contribution < -0.4 is 0 Å². The van der Waals surface area contributed by atoms with Crippen molar-refractivity contribution < 1.29 is 23.8 Å². The Bertz CT molecular complexity index is 1350. The van der Waals surface area contributed by atoms with Gasteiger partial charge in [0.2, 0.25) is 4.87 Å². The van der Waals surface area contributed by atoms with Crippen LogP contribution in [0.2, 0.25) is 0 Å². The fourth-order valence-corrected chi connectivity index (χ4v) is 9.57. The number of carbonyl (C=O) groups is 2. The number of Topliss-reactive ketones (excluding diaryl/α,β-unsaturated/α-hetero) is 1. The molecule has 2 aromatic carbocycles. The van der Waals surface area contributed by atoms with E-state index in [0.717, 1.165) is 24.0 Å². The van der Waals surface area contributed by atoms with Crippen molar-refractivity contribution in [1.29, 1.82) is 5.26 Å². The number of fused-ring (bicyclic) bond motifs is 3. The monoisotopic (exact) mass is 617 g/mol. The lowest BCUT2D eigenvalue weighted by Crippen LogP contribution is -2.68. The molecule has 0 saturated heterocycles. The third-order valence-corrected chi connectivity index (χ3v) is 11.6. The Morgan fingerprint density at radius 3 is 2.36 bits per heavy atom. The van der Waals surface area contributed by atoms with Crippen LogP contribution in [0.25, 0.3) is 0 Å². The third-order valence-electron chi connectivity index (χ3n) is 10.9. The Kier molecular flexibility index (Phi) is 9.99. The minimum absolute atomic E-state index is 0.0288. The maximum Gasteiger partial charge on any atom is 0.334 e. The molecule has 0 bridgehead atoms. The smallest absolute Gasteiger partial charge is 0.334 e. The van der Waals surface area contributed by atoms with Crippen molar-refractivity contribution >= 4 is 23.4 Å². The normalized spacial score (nSPS) is 34.7. The fourth-order valence-electron chi connectivity index (χ4n) is 9.04. The van der Waals surface area contributed by atoms with E-state index in [1.807, 2.05) is 54.6 Å². The van der Waals surface area contributed by atoms with Crippen molar-refractivity contribution in [2.75, 3.05) is 13.7 Å². The standard InChI is InChI=1S/C37H44ClNO5/c1-4-5-16-29-28(24-43-22-26-12-8-6-9-13-26)21-30(44-23-27-14-10-7-11-15-27)33-35(2)19-18-32(40)37(38,34(41)42-3)31(35)17-20-36(29,33)25-39/h4,6-15,28-31,33H,1,5,16-24H2,2-3H3/t28?,29-,30?,31-,33-,35+,36-,37?/m1/s1. The molecule has 7 heteroatoms. The molecule has 234 valence electrons. The van der Waals surface area contributed by atoms with Crippen LogP contribution in [0.5, 0.6) is 0 Å². The average Bonchev–Trinajstić information content (AvgIpc) is 3.05. The van der Waals surface area contributed by atoms with Crippen LogP contribution in [0, 0.1) is 45.8 Å². The number of halogens is 1. The van der Waals surface area contributed by atoms with Gasteiger partial charge in [0, 0.05) is 18.3 Å². The van der Waals surface area contributed by atoms with E-state index >= 15 is 0 Å². The first-order valence-corrected chi connectivity index (χ1v) is 16.2. The van der Waals surface area contributed by atoms with Gasteiger partial charge in [0.25, 0.3) is 0 Å². The molecule has 0 aliphatic heterocycles. The summed E-state index contributed by atoms with van der Waals surface area (Å²) in [5.74, 6) is -1.57. The van der Waals surface area contributed by atoms with Crippen molar-refractivity contribution in [3.05, 3.63) is 84.4 Å². The van der Waals surface area contributed by atoms with Gasteiger partial charge in [-0.1, -0.05) is 85.3 Å². The highest BCUT2D eigenvalue weighted by molar-refractivity contribution is 6.46. The van der Waals surface area contributed by atoms with Crippen molar-refractivity contribution in [2.24, 2.45) is 34.5 Å². The van der Waals surface area contributed by atoms with Gasteiger partial charge in [-0.05, 0) is 66.9 Å². The SMILES string of the molecule is C=CCC[C@@H]1C(COCc2ccccc2)CC(OCc2ccccc2)[C@@H]2[C@@]3(C)CCC(=O)C(Cl)(C(=O)OC)[C@@H]3CC[C@@]12C#N. The van der Waals surface area contributed by atoms with E-state index in [9.17, 15) is 14.9 Å². The Balaban J connectivity index is 1.55. The molecule has 8 atom stereocenters. The van der Waals surface area contributed by atoms with Gasteiger partial charge in [0.1, 0.15) is 0 Å². The summed E-state index contributed by atoms with van der Waals surface area (Å²) in [6.45, 7) is 7.54. The van der Waals surface area contributed by atoms with E-state index in [1.165, 1.54) is 7.11 Å². The molecule has 2 aromatic rings. The van der Waals surface area contributed by atoms with Gasteiger partial charge in [-0.2, -0.15) is 5.26 Å². The molecule has 0 heterocycles. The highest BCUT2D eigenvalue weighted by atomic mass is 35.5. The van der Waals surface area contributed by atoms with Crippen molar-refractivity contribution in [3.8, 4) is 6.07 Å². The average molecular weight is 618 g/mol. The maximum atomic E-state index is 13.4. The summed E-state index contributed by atoms with van der Waals surface area (Å²) in [6.07, 6.45) is 5.65. The van der Waals surface area contributed by atoms with Crippen LogP contribution in [0.1, 0.15) is 63.0 Å². The van der Waals surface area contributed by atoms with Crippen LogP contribution in [0.3, 0.4) is 0 Å². The van der Waals surface area contributed by atoms with Crippen molar-refractivity contribution in [1.82, 2.24) is 0 Å². The summed E-state index contributed by atoms with van der Waals surface area (Å²) in [5.41, 5.74) is 0.819. The number of carbonyl (C=O) groups excluding carboxylic acids is 2. The van der Waals surface area contributed by atoms with Crippen LogP contribution in [-0.2, 0) is 37.0 Å². The zero-order valence-corrected chi connectivity index (χ0v) is 26.6. The van der Waals surface area contributed by atoms with Gasteiger partial charge >= 0.3 is 5.97 Å². The first-order valence-electron chi connectivity index (χ1n) is 15.8. The molecule has 44 heavy (non-hydrogen) atoms. The van der Waals surface area contributed by atoms with E-state index in [-0.39, 0.29) is 36.1 Å². The Labute approximate surface area is 266 Å². The van der Waals surface area contributed by atoms with Gasteiger partial charge in [0.15, 0.2) is 5.78 Å². The fraction of sp³-hybridized carbons (Fsp3) is 0.541. The Morgan fingerprint density at radius 1 is 1.09 bits per heavy atom. The molecule has 6 nitrogen and oxygen atoms in total. The highest BCUT2D eigenvalue weighted by Gasteiger charge is 2.71. The highest BCUT2D eigenvalue weighted by Crippen LogP contribution is 2.69. The molecule has 0 spiro atoms. The maximum absolute atomic E-state index is 13.4. The number of ether oxygens (including phenoxy) is 3. The molecule has 3 saturated carbocycles. The third kappa shape index (κ3) is 5.75. The topological polar surface area (TPSA) is 85.6 Å². The molecule has 0 N–H and O–H groups in total. The lowest BCUT2D eigenvalue weighted by Gasteiger charge is -2.65. The van der Waals surface area contributed by atoms with E-state index in [1.54, 1.807) is 0 Å². The number of esters is 1. The number of rotatable bonds is 11. The van der Waals surface area contributed by atoms with Gasteiger partial charge in [-0.3, -0.25) is 4.79 Å². The largest absolute Gasteiger partial charge is 0.467 e. The molecule has 0 aromatic heterocycles. The van der Waals surface area contributed by atoms with E-state index in [0.29, 0.717) is 45.5 Å². The second-order valence-corrected chi connectivity index (χ2v) is 13.8. The first kappa shape index (κ1) is 32.4. The molecular weight excluding hydrogens is 574 g/mol. The zero-order chi connectivity index (χ0) is 31.4. The van der Waals surface area contributed by atoms with E-state index in [4.69, 9.17) is 25.8 Å². The number of alkyl halides is 1. The summed E-state index contributed by atoms with van der Waals surface area (Å²) in [5, 5.41) is 11.2. The predicted molar refractivity (Wildman–Crippen MR) is 169 cm³/mol. The number of benzene rings is 2. The van der Waals surface area contributed by atoms with Crippen LogP contribution >= 0.6 is 11.6 Å². The number of ketones is 1. The summed E-state index contributed by atoms with van der Waals surface area (Å²) in [4.78, 5) is 24.8. The molecular formula is C37H44ClNO5. The van der Waals surface area contributed by atoms with Crippen LogP contribution in [0.4, 0.5) is 0 Å². The second-order valence-electron chi connectivity index (χ2n) is 13.2. The number of nitrogens with zero attached hydrogens (tertiary/aromatic N) is 1. The summed E-state index contributed by atoms with van der Waals surface area (Å²) >= 11 is 7.07. The van der Waals surface area contributed by atoms with Crippen LogP contribution in [0.15, 0.2) is 73.3 Å². The quantitative estimate of drug-likeness (QED) is 0.113. The van der Waals surface area contributed by atoms with E-state index < -0.39 is 27.6 Å². The summed E-state index contributed by atoms with van der Waals surface area (Å²) < 4.78 is 18.3. The number of methoxy groups -OCH3 is 1. The summed E-state index contributed by atoms with van der Waals surface area (Å²) in [6, 6.07) is 23.0. The molecule has 3 aliphatic carbocycles. The van der Waals surface area contributed by atoms with Gasteiger partial charge in [0.05, 0.1) is 44.5 Å². The van der Waals surface area contributed by atoms with E-state index in [2.05, 4.69) is 31.7 Å². The molecule has 0 radical (unpaired) electrons. The Hall–Kier alpha value is -2.98. The number of allylic oxidation sites excluding steroid dienone is 1. The zero-order valence-electron chi connectivity index (χ0n) is 25.9.